The Morgan fingerprint density at radius 1 is 1.54 bits per heavy atom. The Balaban J connectivity index is 2.73. The molecule has 1 N–H and O–H groups in total. The first-order valence-electron chi connectivity index (χ1n) is 4.42. The molecule has 0 spiro atoms. The van der Waals surface area contributed by atoms with Gasteiger partial charge in [-0.15, -0.1) is 0 Å². The molecule has 0 bridgehead atoms. The fourth-order valence-corrected chi connectivity index (χ4v) is 1.22. The quantitative estimate of drug-likeness (QED) is 0.757. The topological polar surface area (TPSA) is 35.8 Å². The first-order chi connectivity index (χ1) is 6.26. The van der Waals surface area contributed by atoms with E-state index in [0.717, 1.165) is 12.0 Å². The monoisotopic (exact) mass is 174 g/mol. The van der Waals surface area contributed by atoms with Crippen LogP contribution >= 0.6 is 0 Å². The van der Waals surface area contributed by atoms with Gasteiger partial charge in [0.25, 0.3) is 0 Å². The van der Waals surface area contributed by atoms with E-state index < -0.39 is 0 Å². The number of hydrogen-bond donors (Lipinski definition) is 1. The summed E-state index contributed by atoms with van der Waals surface area (Å²) in [5.74, 6) is 0. The van der Waals surface area contributed by atoms with Crippen molar-refractivity contribution < 1.29 is 0 Å². The second kappa shape index (κ2) is 4.64. The summed E-state index contributed by atoms with van der Waals surface area (Å²) in [5, 5.41) is 11.9. The van der Waals surface area contributed by atoms with Crippen molar-refractivity contribution >= 4 is 0 Å². The number of rotatable bonds is 3. The number of likely N-dealkylation sites (N-methyl/N-ethyl adjacent to an activating group) is 1. The lowest BCUT2D eigenvalue weighted by Crippen LogP contribution is -2.23. The smallest absolute Gasteiger partial charge is 0.0991 e. The minimum Gasteiger partial charge on any atom is -0.317 e. The highest BCUT2D eigenvalue weighted by molar-refractivity contribution is 5.33. The van der Waals surface area contributed by atoms with Gasteiger partial charge in [0, 0.05) is 6.04 Å². The lowest BCUT2D eigenvalue weighted by atomic mass is 10.1. The zero-order valence-corrected chi connectivity index (χ0v) is 8.04. The van der Waals surface area contributed by atoms with Crippen LogP contribution in [0.5, 0.6) is 0 Å². The van der Waals surface area contributed by atoms with Gasteiger partial charge in [0.05, 0.1) is 11.6 Å². The van der Waals surface area contributed by atoms with E-state index in [-0.39, 0.29) is 0 Å². The summed E-state index contributed by atoms with van der Waals surface area (Å²) in [6, 6.07) is 10.3. The highest BCUT2D eigenvalue weighted by Crippen LogP contribution is 2.06. The zero-order chi connectivity index (χ0) is 9.68. The highest BCUT2D eigenvalue weighted by Gasteiger charge is 2.00. The molecule has 0 aliphatic rings. The van der Waals surface area contributed by atoms with Crippen molar-refractivity contribution in [1.82, 2.24) is 5.32 Å². The average molecular weight is 174 g/mol. The molecule has 0 saturated heterocycles. The second-order valence-electron chi connectivity index (χ2n) is 3.21. The molecule has 1 atom stereocenters. The van der Waals surface area contributed by atoms with Crippen LogP contribution in [0, 0.1) is 11.3 Å². The molecule has 0 aliphatic carbocycles. The molecule has 1 unspecified atom stereocenters. The van der Waals surface area contributed by atoms with Crippen LogP contribution in [0.4, 0.5) is 0 Å². The Hall–Kier alpha value is -1.33. The van der Waals surface area contributed by atoms with E-state index >= 15 is 0 Å². The van der Waals surface area contributed by atoms with Crippen LogP contribution in [-0.2, 0) is 6.42 Å². The molecule has 1 aromatic rings. The van der Waals surface area contributed by atoms with Gasteiger partial charge in [-0.25, -0.2) is 0 Å². The van der Waals surface area contributed by atoms with Crippen molar-refractivity contribution in [2.45, 2.75) is 19.4 Å². The minimum atomic E-state index is 0.453. The van der Waals surface area contributed by atoms with Crippen molar-refractivity contribution in [3.63, 3.8) is 0 Å². The van der Waals surface area contributed by atoms with Crippen molar-refractivity contribution in [3.05, 3.63) is 35.4 Å². The zero-order valence-electron chi connectivity index (χ0n) is 8.04. The van der Waals surface area contributed by atoms with Crippen LogP contribution in [0.15, 0.2) is 24.3 Å². The molecular formula is C11H14N2. The van der Waals surface area contributed by atoms with Crippen LogP contribution < -0.4 is 5.32 Å². The van der Waals surface area contributed by atoms with Gasteiger partial charge in [-0.05, 0) is 38.1 Å². The fourth-order valence-electron chi connectivity index (χ4n) is 1.22. The van der Waals surface area contributed by atoms with Gasteiger partial charge in [-0.3, -0.25) is 0 Å². The van der Waals surface area contributed by atoms with Crippen LogP contribution in [-0.4, -0.2) is 13.1 Å². The van der Waals surface area contributed by atoms with Crippen LogP contribution in [0.3, 0.4) is 0 Å². The van der Waals surface area contributed by atoms with Gasteiger partial charge in [0.15, 0.2) is 0 Å². The standard InChI is InChI=1S/C11H14N2/c1-9(13-2)6-10-4-3-5-11(7-10)8-12/h3-5,7,9,13H,6H2,1-2H3. The molecule has 0 amide bonds. The first kappa shape index (κ1) is 9.76. The summed E-state index contributed by atoms with van der Waals surface area (Å²) in [6.07, 6.45) is 0.964. The van der Waals surface area contributed by atoms with Crippen molar-refractivity contribution in [1.29, 1.82) is 5.26 Å². The van der Waals surface area contributed by atoms with Crippen LogP contribution in [0.25, 0.3) is 0 Å². The molecule has 1 rings (SSSR count). The summed E-state index contributed by atoms with van der Waals surface area (Å²) < 4.78 is 0. The van der Waals surface area contributed by atoms with Gasteiger partial charge in [0.2, 0.25) is 0 Å². The third kappa shape index (κ3) is 2.89. The average Bonchev–Trinajstić information content (AvgIpc) is 2.18. The van der Waals surface area contributed by atoms with E-state index in [4.69, 9.17) is 5.26 Å². The Morgan fingerprint density at radius 2 is 2.31 bits per heavy atom. The third-order valence-corrected chi connectivity index (χ3v) is 2.09. The minimum absolute atomic E-state index is 0.453. The van der Waals surface area contributed by atoms with E-state index in [0.29, 0.717) is 6.04 Å². The van der Waals surface area contributed by atoms with Gasteiger partial charge in [-0.1, -0.05) is 12.1 Å². The van der Waals surface area contributed by atoms with E-state index in [2.05, 4.69) is 24.4 Å². The van der Waals surface area contributed by atoms with Crippen molar-refractivity contribution in [2.75, 3.05) is 7.05 Å². The molecule has 2 nitrogen and oxygen atoms in total. The molecule has 68 valence electrons. The molecule has 1 aromatic carbocycles. The van der Waals surface area contributed by atoms with Gasteiger partial charge < -0.3 is 5.32 Å². The number of nitrogens with zero attached hydrogens (tertiary/aromatic N) is 1. The number of nitrogens with one attached hydrogen (secondary N) is 1. The molecule has 0 saturated carbocycles. The molecule has 0 fully saturated rings. The third-order valence-electron chi connectivity index (χ3n) is 2.09. The normalized spacial score (nSPS) is 12.1. The SMILES string of the molecule is CNC(C)Cc1cccc(C#N)c1. The largest absolute Gasteiger partial charge is 0.317 e. The Labute approximate surface area is 79.2 Å². The maximum absolute atomic E-state index is 8.69. The Bertz CT molecular complexity index is 312. The molecule has 0 aromatic heterocycles. The molecule has 2 heteroatoms. The van der Waals surface area contributed by atoms with Gasteiger partial charge >= 0.3 is 0 Å². The first-order valence-corrected chi connectivity index (χ1v) is 4.42. The van der Waals surface area contributed by atoms with E-state index in [1.165, 1.54) is 5.56 Å². The van der Waals surface area contributed by atoms with E-state index in [1.807, 2.05) is 25.2 Å². The number of benzene rings is 1. The van der Waals surface area contributed by atoms with E-state index in [9.17, 15) is 0 Å². The summed E-state index contributed by atoms with van der Waals surface area (Å²) in [4.78, 5) is 0. The molecule has 13 heavy (non-hydrogen) atoms. The summed E-state index contributed by atoms with van der Waals surface area (Å²) in [6.45, 7) is 2.12. The molecule has 0 radical (unpaired) electrons. The van der Waals surface area contributed by atoms with Crippen molar-refractivity contribution in [2.24, 2.45) is 0 Å². The molecule has 0 heterocycles. The fraction of sp³-hybridized carbons (Fsp3) is 0.364. The lowest BCUT2D eigenvalue weighted by molar-refractivity contribution is 0.608. The van der Waals surface area contributed by atoms with Crippen molar-refractivity contribution in [3.8, 4) is 6.07 Å². The van der Waals surface area contributed by atoms with Crippen LogP contribution in [0.2, 0.25) is 0 Å². The second-order valence-corrected chi connectivity index (χ2v) is 3.21. The predicted octanol–water partition coefficient (Wildman–Crippen LogP) is 1.71. The number of nitriles is 1. The molecule has 0 aliphatic heterocycles. The van der Waals surface area contributed by atoms with E-state index in [1.54, 1.807) is 0 Å². The Morgan fingerprint density at radius 3 is 2.92 bits per heavy atom. The Kier molecular flexibility index (Phi) is 3.48. The summed E-state index contributed by atoms with van der Waals surface area (Å²) in [5.41, 5.74) is 1.95. The predicted molar refractivity (Wildman–Crippen MR) is 53.4 cm³/mol. The maximum atomic E-state index is 8.69. The summed E-state index contributed by atoms with van der Waals surface area (Å²) >= 11 is 0. The van der Waals surface area contributed by atoms with Crippen LogP contribution in [0.1, 0.15) is 18.1 Å². The highest BCUT2D eigenvalue weighted by atomic mass is 14.8. The lowest BCUT2D eigenvalue weighted by Gasteiger charge is -2.09. The van der Waals surface area contributed by atoms with Gasteiger partial charge in [-0.2, -0.15) is 5.26 Å². The summed E-state index contributed by atoms with van der Waals surface area (Å²) in [7, 11) is 1.94. The number of hydrogen-bond acceptors (Lipinski definition) is 2. The van der Waals surface area contributed by atoms with Gasteiger partial charge in [0.1, 0.15) is 0 Å². The molecular weight excluding hydrogens is 160 g/mol. The maximum Gasteiger partial charge on any atom is 0.0991 e.